The first kappa shape index (κ1) is 30.7. The largest absolute Gasteiger partial charge is 0.871 e. The molecule has 0 saturated carbocycles. The second-order valence-electron chi connectivity index (χ2n) is 13.2. The highest BCUT2D eigenvalue weighted by atomic mass is 16.4. The van der Waals surface area contributed by atoms with Gasteiger partial charge in [-0.05, 0) is 54.1 Å². The third-order valence-corrected chi connectivity index (χ3v) is 9.88. The second kappa shape index (κ2) is 12.2. The zero-order chi connectivity index (χ0) is 31.9. The minimum Gasteiger partial charge on any atom is -0.871 e. The predicted molar refractivity (Wildman–Crippen MR) is 180 cm³/mol. The molecule has 2 aliphatic rings. The number of carbonyl (C=O) groups is 2. The van der Waals surface area contributed by atoms with Crippen LogP contribution in [0.3, 0.4) is 0 Å². The van der Waals surface area contributed by atoms with Crippen LogP contribution in [0.1, 0.15) is 88.6 Å². The van der Waals surface area contributed by atoms with E-state index in [1.165, 1.54) is 24.6 Å². The molecule has 1 atom stereocenters. The number of aromatic carboxylic acids is 1. The van der Waals surface area contributed by atoms with Crippen molar-refractivity contribution in [2.75, 3.05) is 11.4 Å². The number of ketones is 1. The van der Waals surface area contributed by atoms with E-state index in [0.29, 0.717) is 0 Å². The van der Waals surface area contributed by atoms with Crippen LogP contribution < -0.4 is 15.4 Å². The molecule has 1 aliphatic heterocycles. The van der Waals surface area contributed by atoms with Gasteiger partial charge in [-0.3, -0.25) is 4.79 Å². The molecule has 0 amide bonds. The molecule has 45 heavy (non-hydrogen) atoms. The smallest absolute Gasteiger partial charge is 0.335 e. The molecule has 1 N–H and O–H groups in total. The van der Waals surface area contributed by atoms with E-state index in [9.17, 15) is 19.8 Å². The standard InChI is InChI=1S/C39H44N2O4/c1-5-7-9-10-11-21-40-32-17-13-15-25-14-12-16-27(35(25)32)33(40)23-28-36(42)29(37(28)43)24-34-39(3,4)30-22-26(38(44)45)18-19-31(30)41(34)20-8-6-2/h12-19,22-24,34,42H,5-11,20-21H2,1-4H3,(H,44,45)/p-1/b29-24?,33-23-. The number of allylic oxidation sites excluding steroid dienone is 2. The lowest BCUT2D eigenvalue weighted by Gasteiger charge is -2.36. The molecule has 2 heterocycles. The van der Waals surface area contributed by atoms with E-state index in [4.69, 9.17) is 0 Å². The Morgan fingerprint density at radius 2 is 1.69 bits per heavy atom. The van der Waals surface area contributed by atoms with Crippen molar-refractivity contribution in [2.45, 2.75) is 90.6 Å². The lowest BCUT2D eigenvalue weighted by Crippen LogP contribution is -2.42. The Morgan fingerprint density at radius 3 is 2.40 bits per heavy atom. The molecule has 1 aromatic heterocycles. The SMILES string of the molecule is CCCCCCCn1/c(=C\C2=C([O-])C(=CC3N(CCCC)c4ccc(C(=O)O)cc4C3(C)C)C2=O)c2cccc3cccc1c32. The predicted octanol–water partition coefficient (Wildman–Crippen LogP) is 7.05. The number of anilines is 1. The van der Waals surface area contributed by atoms with Crippen molar-refractivity contribution in [3.63, 3.8) is 0 Å². The fourth-order valence-corrected chi connectivity index (χ4v) is 7.34. The number of Topliss-reactive ketones (excluding diaryl/α,β-unsaturated/α-hetero) is 1. The molecule has 0 saturated heterocycles. The van der Waals surface area contributed by atoms with Crippen LogP contribution in [0.4, 0.5) is 5.69 Å². The molecular formula is C39H43N2O4-. The number of aromatic nitrogens is 1. The van der Waals surface area contributed by atoms with Crippen LogP contribution in [0.15, 0.2) is 77.6 Å². The van der Waals surface area contributed by atoms with E-state index in [0.717, 1.165) is 71.7 Å². The average Bonchev–Trinajstić information content (AvgIpc) is 3.45. The van der Waals surface area contributed by atoms with Crippen LogP contribution >= 0.6 is 0 Å². The van der Waals surface area contributed by atoms with Gasteiger partial charge in [-0.15, -0.1) is 0 Å². The molecule has 0 radical (unpaired) electrons. The van der Waals surface area contributed by atoms with Crippen LogP contribution in [-0.2, 0) is 16.8 Å². The zero-order valence-electron chi connectivity index (χ0n) is 26.9. The maximum absolute atomic E-state index is 13.8. The van der Waals surface area contributed by atoms with Gasteiger partial charge in [-0.1, -0.05) is 102 Å². The van der Waals surface area contributed by atoms with Crippen molar-refractivity contribution < 1.29 is 19.8 Å². The van der Waals surface area contributed by atoms with E-state index in [1.54, 1.807) is 12.1 Å². The van der Waals surface area contributed by atoms with Gasteiger partial charge in [0.2, 0.25) is 0 Å². The Bertz CT molecular complexity index is 1900. The number of nitrogens with zero attached hydrogens (tertiary/aromatic N) is 2. The summed E-state index contributed by atoms with van der Waals surface area (Å²) in [6.07, 6.45) is 11.4. The summed E-state index contributed by atoms with van der Waals surface area (Å²) >= 11 is 0. The van der Waals surface area contributed by atoms with Gasteiger partial charge >= 0.3 is 5.97 Å². The van der Waals surface area contributed by atoms with Crippen LogP contribution in [0.5, 0.6) is 0 Å². The molecule has 0 bridgehead atoms. The van der Waals surface area contributed by atoms with Crippen LogP contribution in [0.2, 0.25) is 0 Å². The maximum atomic E-state index is 13.8. The topological polar surface area (TPSA) is 85.6 Å². The third kappa shape index (κ3) is 5.24. The Kier molecular flexibility index (Phi) is 8.34. The second-order valence-corrected chi connectivity index (χ2v) is 13.2. The summed E-state index contributed by atoms with van der Waals surface area (Å²) in [5.74, 6) is -1.40. The van der Waals surface area contributed by atoms with Crippen molar-refractivity contribution in [1.82, 2.24) is 4.57 Å². The van der Waals surface area contributed by atoms with Gasteiger partial charge in [0.15, 0.2) is 5.78 Å². The molecule has 1 aliphatic carbocycles. The van der Waals surface area contributed by atoms with Crippen molar-refractivity contribution >= 4 is 45.2 Å². The Morgan fingerprint density at radius 1 is 0.956 bits per heavy atom. The van der Waals surface area contributed by atoms with Gasteiger partial charge in [0.25, 0.3) is 0 Å². The number of rotatable bonds is 12. The van der Waals surface area contributed by atoms with E-state index in [-0.39, 0.29) is 34.3 Å². The van der Waals surface area contributed by atoms with Gasteiger partial charge in [0.1, 0.15) is 0 Å². The van der Waals surface area contributed by atoms with Gasteiger partial charge in [0, 0.05) is 57.0 Å². The zero-order valence-corrected chi connectivity index (χ0v) is 26.9. The number of carboxylic acid groups (broad SMARTS) is 1. The summed E-state index contributed by atoms with van der Waals surface area (Å²) in [5, 5.41) is 27.7. The molecular weight excluding hydrogens is 560 g/mol. The van der Waals surface area contributed by atoms with Crippen LogP contribution in [0, 0.1) is 0 Å². The molecule has 6 heteroatoms. The number of fused-ring (bicyclic) bond motifs is 1. The van der Waals surface area contributed by atoms with Crippen molar-refractivity contribution in [3.8, 4) is 0 Å². The summed E-state index contributed by atoms with van der Waals surface area (Å²) in [5.41, 5.74) is 3.25. The van der Waals surface area contributed by atoms with E-state index in [1.807, 2.05) is 24.3 Å². The van der Waals surface area contributed by atoms with Gasteiger partial charge in [-0.2, -0.15) is 0 Å². The quantitative estimate of drug-likeness (QED) is 0.139. The number of hydrogen-bond acceptors (Lipinski definition) is 4. The Balaban J connectivity index is 1.41. The Labute approximate surface area is 265 Å². The summed E-state index contributed by atoms with van der Waals surface area (Å²) in [7, 11) is 0. The molecule has 1 unspecified atom stereocenters. The monoisotopic (exact) mass is 603 g/mol. The highest BCUT2D eigenvalue weighted by Crippen LogP contribution is 2.47. The highest BCUT2D eigenvalue weighted by molar-refractivity contribution is 6.24. The van der Waals surface area contributed by atoms with Crippen LogP contribution in [-0.4, -0.2) is 34.0 Å². The average molecular weight is 604 g/mol. The molecule has 234 valence electrons. The first-order valence-corrected chi connectivity index (χ1v) is 16.5. The first-order valence-electron chi connectivity index (χ1n) is 16.5. The lowest BCUT2D eigenvalue weighted by molar-refractivity contribution is -0.300. The summed E-state index contributed by atoms with van der Waals surface area (Å²) < 4.78 is 2.29. The van der Waals surface area contributed by atoms with E-state index >= 15 is 0 Å². The number of hydrogen-bond donors (Lipinski definition) is 1. The summed E-state index contributed by atoms with van der Waals surface area (Å²) in [4.78, 5) is 27.8. The minimum atomic E-state index is -0.966. The lowest BCUT2D eigenvalue weighted by atomic mass is 9.77. The normalized spacial score (nSPS) is 18.9. The molecule has 3 aromatic carbocycles. The Hall–Kier alpha value is -4.32. The third-order valence-electron chi connectivity index (χ3n) is 9.88. The molecule has 6 nitrogen and oxygen atoms in total. The number of carboxylic acids is 1. The minimum absolute atomic E-state index is 0.216. The first-order chi connectivity index (χ1) is 21.7. The molecule has 0 spiro atoms. The number of benzene rings is 3. The van der Waals surface area contributed by atoms with E-state index < -0.39 is 11.4 Å². The van der Waals surface area contributed by atoms with Gasteiger partial charge in [-0.25, -0.2) is 4.79 Å². The fraction of sp³-hybridized carbons (Fsp3) is 0.385. The van der Waals surface area contributed by atoms with Gasteiger partial charge < -0.3 is 19.7 Å². The number of unbranched alkanes of at least 4 members (excludes halogenated alkanes) is 5. The number of aryl methyl sites for hydroxylation is 1. The van der Waals surface area contributed by atoms with Crippen molar-refractivity contribution in [3.05, 3.63) is 94.1 Å². The van der Waals surface area contributed by atoms with Gasteiger partial charge in [0.05, 0.1) is 11.6 Å². The molecule has 4 aromatic rings. The van der Waals surface area contributed by atoms with Crippen LogP contribution in [0.25, 0.3) is 27.8 Å². The summed E-state index contributed by atoms with van der Waals surface area (Å²) in [6, 6.07) is 17.6. The number of carbonyl (C=O) groups excluding carboxylic acids is 1. The van der Waals surface area contributed by atoms with E-state index in [2.05, 4.69) is 67.5 Å². The maximum Gasteiger partial charge on any atom is 0.335 e. The molecule has 0 fully saturated rings. The summed E-state index contributed by atoms with van der Waals surface area (Å²) in [6.45, 7) is 10.1. The fourth-order valence-electron chi connectivity index (χ4n) is 7.34. The highest BCUT2D eigenvalue weighted by Gasteiger charge is 2.44. The van der Waals surface area contributed by atoms with Crippen molar-refractivity contribution in [2.24, 2.45) is 0 Å². The molecule has 6 rings (SSSR count). The van der Waals surface area contributed by atoms with Crippen molar-refractivity contribution in [1.29, 1.82) is 0 Å².